The van der Waals surface area contributed by atoms with Crippen molar-refractivity contribution < 1.29 is 14.3 Å². The smallest absolute Gasteiger partial charge is 0.271 e. The fourth-order valence-corrected chi connectivity index (χ4v) is 3.79. The number of anilines is 1. The lowest BCUT2D eigenvalue weighted by Crippen LogP contribution is -2.37. The summed E-state index contributed by atoms with van der Waals surface area (Å²) in [7, 11) is 3.27. The van der Waals surface area contributed by atoms with E-state index in [4.69, 9.17) is 15.2 Å². The van der Waals surface area contributed by atoms with Gasteiger partial charge in [0.05, 0.1) is 19.2 Å². The fourth-order valence-electron chi connectivity index (χ4n) is 3.00. The van der Waals surface area contributed by atoms with Crippen molar-refractivity contribution in [3.05, 3.63) is 34.3 Å². The zero-order valence-corrected chi connectivity index (χ0v) is 18.3. The number of hydrogen-bond acceptors (Lipinski definition) is 7. The van der Waals surface area contributed by atoms with Crippen molar-refractivity contribution in [2.45, 2.75) is 18.9 Å². The summed E-state index contributed by atoms with van der Waals surface area (Å²) in [6, 6.07) is 5.89. The Morgan fingerprint density at radius 2 is 1.96 bits per heavy atom. The zero-order valence-electron chi connectivity index (χ0n) is 15.8. The van der Waals surface area contributed by atoms with E-state index >= 15 is 0 Å². The van der Waals surface area contributed by atoms with Gasteiger partial charge in [-0.1, -0.05) is 0 Å². The van der Waals surface area contributed by atoms with E-state index in [1.807, 2.05) is 18.2 Å². The molecule has 1 saturated heterocycles. The van der Waals surface area contributed by atoms with E-state index in [1.165, 1.54) is 11.3 Å². The summed E-state index contributed by atoms with van der Waals surface area (Å²) in [6.45, 7) is 2.13. The molecule has 0 bridgehead atoms. The molecule has 0 saturated carbocycles. The molecule has 28 heavy (non-hydrogen) atoms. The van der Waals surface area contributed by atoms with Crippen LogP contribution in [0, 0.1) is 0 Å². The summed E-state index contributed by atoms with van der Waals surface area (Å²) < 4.78 is 10.7. The average Bonchev–Trinajstić information content (AvgIpc) is 3.31. The van der Waals surface area contributed by atoms with Gasteiger partial charge in [-0.2, -0.15) is 0 Å². The third-order valence-electron chi connectivity index (χ3n) is 4.37. The summed E-state index contributed by atoms with van der Waals surface area (Å²) in [5.74, 6) is 1.38. The first-order valence-electron chi connectivity index (χ1n) is 8.56. The van der Waals surface area contributed by atoms with Crippen LogP contribution in [0.4, 0.5) is 5.69 Å². The maximum absolute atomic E-state index is 12.4. The summed E-state index contributed by atoms with van der Waals surface area (Å²) in [4.78, 5) is 19.0. The lowest BCUT2D eigenvalue weighted by Gasteiger charge is -2.20. The van der Waals surface area contributed by atoms with Gasteiger partial charge in [0.15, 0.2) is 0 Å². The predicted octanol–water partition coefficient (Wildman–Crippen LogP) is 2.51. The molecule has 0 aliphatic carbocycles. The normalized spacial score (nSPS) is 15.4. The Morgan fingerprint density at radius 3 is 2.57 bits per heavy atom. The number of nitrogens with two attached hydrogens (primary N) is 1. The molecule has 2 aromatic rings. The molecular formula is C18H26Cl2N4O3S. The minimum atomic E-state index is -0.125. The molecule has 0 spiro atoms. The van der Waals surface area contributed by atoms with Gasteiger partial charge < -0.3 is 25.4 Å². The highest BCUT2D eigenvalue weighted by molar-refractivity contribution is 7.09. The Kier molecular flexibility index (Phi) is 9.81. The van der Waals surface area contributed by atoms with E-state index in [1.54, 1.807) is 19.6 Å². The lowest BCUT2D eigenvalue weighted by atomic mass is 10.2. The fraction of sp³-hybridized carbons (Fsp3) is 0.444. The van der Waals surface area contributed by atoms with Gasteiger partial charge in [-0.15, -0.1) is 36.2 Å². The molecule has 7 nitrogen and oxygen atoms in total. The van der Waals surface area contributed by atoms with Gasteiger partial charge >= 0.3 is 0 Å². The highest BCUT2D eigenvalue weighted by atomic mass is 35.5. The molecule has 3 N–H and O–H groups in total. The molecule has 1 aliphatic rings. The van der Waals surface area contributed by atoms with Crippen LogP contribution in [-0.2, 0) is 6.42 Å². The molecule has 1 aliphatic heterocycles. The van der Waals surface area contributed by atoms with Crippen molar-refractivity contribution >= 4 is 47.7 Å². The van der Waals surface area contributed by atoms with Gasteiger partial charge in [-0.3, -0.25) is 4.79 Å². The molecule has 2 heterocycles. The number of hydrogen-bond donors (Lipinski definition) is 2. The van der Waals surface area contributed by atoms with Crippen molar-refractivity contribution in [3.8, 4) is 11.5 Å². The molecule has 10 heteroatoms. The van der Waals surface area contributed by atoms with Gasteiger partial charge in [0, 0.05) is 54.8 Å². The third kappa shape index (κ3) is 5.88. The first-order chi connectivity index (χ1) is 12.6. The van der Waals surface area contributed by atoms with Crippen LogP contribution in [0.1, 0.15) is 21.9 Å². The van der Waals surface area contributed by atoms with Crippen molar-refractivity contribution in [1.82, 2.24) is 10.3 Å². The molecule has 1 fully saturated rings. The van der Waals surface area contributed by atoms with E-state index in [2.05, 4.69) is 15.2 Å². The van der Waals surface area contributed by atoms with Crippen LogP contribution in [0.2, 0.25) is 0 Å². The van der Waals surface area contributed by atoms with E-state index in [0.717, 1.165) is 41.7 Å². The maximum atomic E-state index is 12.4. The molecule has 0 radical (unpaired) electrons. The maximum Gasteiger partial charge on any atom is 0.271 e. The number of nitrogens with one attached hydrogen (secondary N) is 1. The van der Waals surface area contributed by atoms with E-state index in [9.17, 15) is 4.79 Å². The highest BCUT2D eigenvalue weighted by Gasteiger charge is 2.26. The third-order valence-corrected chi connectivity index (χ3v) is 5.28. The number of methoxy groups -OCH3 is 2. The molecular weight excluding hydrogens is 423 g/mol. The standard InChI is InChI=1S/C18H24N4O3S.2ClH/c1-24-14-7-13(8-15(9-14)25-2)22-6-4-12(10-22)20-18(23)16-11-26-17(21-16)3-5-19;;/h7-9,11-12H,3-6,10,19H2,1-2H3,(H,20,23);2*1H. The number of aromatic nitrogens is 1. The topological polar surface area (TPSA) is 89.7 Å². The minimum absolute atomic E-state index is 0. The SMILES string of the molecule is COc1cc(OC)cc(N2CCC(NC(=O)c3csc(CCN)n3)C2)c1.Cl.Cl. The number of rotatable bonds is 7. The van der Waals surface area contributed by atoms with Crippen LogP contribution >= 0.6 is 36.2 Å². The summed E-state index contributed by atoms with van der Waals surface area (Å²) in [6.07, 6.45) is 1.58. The quantitative estimate of drug-likeness (QED) is 0.675. The van der Waals surface area contributed by atoms with Crippen LogP contribution in [0.5, 0.6) is 11.5 Å². The van der Waals surface area contributed by atoms with Crippen LogP contribution in [0.3, 0.4) is 0 Å². The monoisotopic (exact) mass is 448 g/mol. The highest BCUT2D eigenvalue weighted by Crippen LogP contribution is 2.30. The second-order valence-corrected chi connectivity index (χ2v) is 7.08. The second-order valence-electron chi connectivity index (χ2n) is 6.14. The second kappa shape index (κ2) is 11.3. The van der Waals surface area contributed by atoms with Crippen LogP contribution < -0.4 is 25.4 Å². The summed E-state index contributed by atoms with van der Waals surface area (Å²) >= 11 is 1.48. The first-order valence-corrected chi connectivity index (χ1v) is 9.44. The van der Waals surface area contributed by atoms with Crippen LogP contribution in [-0.4, -0.2) is 50.8 Å². The van der Waals surface area contributed by atoms with Crippen molar-refractivity contribution in [3.63, 3.8) is 0 Å². The number of nitrogens with zero attached hydrogens (tertiary/aromatic N) is 2. The number of benzene rings is 1. The molecule has 3 rings (SSSR count). The van der Waals surface area contributed by atoms with Gasteiger partial charge in [0.25, 0.3) is 5.91 Å². The molecule has 1 aromatic carbocycles. The Balaban J connectivity index is 0.00000196. The molecule has 156 valence electrons. The Labute approximate surface area is 181 Å². The van der Waals surface area contributed by atoms with Crippen molar-refractivity contribution in [2.24, 2.45) is 5.73 Å². The Bertz CT molecular complexity index is 753. The van der Waals surface area contributed by atoms with Gasteiger partial charge in [-0.05, 0) is 13.0 Å². The zero-order chi connectivity index (χ0) is 18.5. The number of carbonyl (C=O) groups excluding carboxylic acids is 1. The number of carbonyl (C=O) groups is 1. The number of thiazole rings is 1. The first kappa shape index (κ1) is 24.3. The largest absolute Gasteiger partial charge is 0.497 e. The van der Waals surface area contributed by atoms with E-state index < -0.39 is 0 Å². The van der Waals surface area contributed by atoms with E-state index in [0.29, 0.717) is 18.7 Å². The van der Waals surface area contributed by atoms with Gasteiger partial charge in [-0.25, -0.2) is 4.98 Å². The predicted molar refractivity (Wildman–Crippen MR) is 117 cm³/mol. The van der Waals surface area contributed by atoms with Crippen molar-refractivity contribution in [2.75, 3.05) is 38.8 Å². The molecule has 1 aromatic heterocycles. The van der Waals surface area contributed by atoms with E-state index in [-0.39, 0.29) is 36.8 Å². The average molecular weight is 449 g/mol. The Morgan fingerprint density at radius 1 is 1.29 bits per heavy atom. The minimum Gasteiger partial charge on any atom is -0.497 e. The summed E-state index contributed by atoms with van der Waals surface area (Å²) in [5, 5.41) is 5.77. The molecule has 1 unspecified atom stereocenters. The number of ether oxygens (including phenoxy) is 2. The molecule has 1 amide bonds. The number of halogens is 2. The number of amides is 1. The van der Waals surface area contributed by atoms with Crippen LogP contribution in [0.25, 0.3) is 0 Å². The van der Waals surface area contributed by atoms with Gasteiger partial charge in [0.1, 0.15) is 17.2 Å². The van der Waals surface area contributed by atoms with Gasteiger partial charge in [0.2, 0.25) is 0 Å². The van der Waals surface area contributed by atoms with Crippen LogP contribution in [0.15, 0.2) is 23.6 Å². The molecule has 1 atom stereocenters. The van der Waals surface area contributed by atoms with Crippen molar-refractivity contribution in [1.29, 1.82) is 0 Å². The lowest BCUT2D eigenvalue weighted by molar-refractivity contribution is 0.0936. The Hall–Kier alpha value is -1.74. The summed E-state index contributed by atoms with van der Waals surface area (Å²) in [5.41, 5.74) is 7.03.